The molecular formula is C18H29N3. The second-order valence-electron chi connectivity index (χ2n) is 7.16. The third-order valence-corrected chi connectivity index (χ3v) is 5.66. The highest BCUT2D eigenvalue weighted by Gasteiger charge is 2.38. The van der Waals surface area contributed by atoms with Gasteiger partial charge in [-0.05, 0) is 63.2 Å². The molecule has 0 aromatic carbocycles. The van der Waals surface area contributed by atoms with Gasteiger partial charge in [0.05, 0.1) is 11.7 Å². The third kappa shape index (κ3) is 3.29. The van der Waals surface area contributed by atoms with E-state index in [1.165, 1.54) is 58.0 Å². The minimum Gasteiger partial charge on any atom is -0.326 e. The molecule has 1 aromatic rings. The van der Waals surface area contributed by atoms with E-state index in [-0.39, 0.29) is 12.1 Å². The highest BCUT2D eigenvalue weighted by atomic mass is 15.2. The lowest BCUT2D eigenvalue weighted by Gasteiger charge is -2.47. The topological polar surface area (TPSA) is 42.1 Å². The SMILES string of the molecule is CC(N)C(c1ccccn1)N1CCC2(CCCCC2)CC1. The summed E-state index contributed by atoms with van der Waals surface area (Å²) in [5.41, 5.74) is 8.07. The van der Waals surface area contributed by atoms with Crippen molar-refractivity contribution in [3.8, 4) is 0 Å². The summed E-state index contributed by atoms with van der Waals surface area (Å²) in [6.45, 7) is 4.48. The fraction of sp³-hybridized carbons (Fsp3) is 0.722. The molecule has 0 radical (unpaired) electrons. The Hall–Kier alpha value is -0.930. The van der Waals surface area contributed by atoms with Crippen molar-refractivity contribution in [2.45, 2.75) is 64.0 Å². The fourth-order valence-corrected chi connectivity index (χ4v) is 4.42. The van der Waals surface area contributed by atoms with Crippen LogP contribution in [0.2, 0.25) is 0 Å². The number of pyridine rings is 1. The van der Waals surface area contributed by atoms with Crippen LogP contribution in [0.4, 0.5) is 0 Å². The van der Waals surface area contributed by atoms with Gasteiger partial charge in [0.2, 0.25) is 0 Å². The summed E-state index contributed by atoms with van der Waals surface area (Å²) >= 11 is 0. The van der Waals surface area contributed by atoms with Crippen LogP contribution in [0.25, 0.3) is 0 Å². The van der Waals surface area contributed by atoms with Crippen LogP contribution in [0.5, 0.6) is 0 Å². The van der Waals surface area contributed by atoms with Crippen LogP contribution < -0.4 is 5.73 Å². The van der Waals surface area contributed by atoms with E-state index in [4.69, 9.17) is 5.73 Å². The second kappa shape index (κ2) is 6.45. The molecule has 2 N–H and O–H groups in total. The maximum Gasteiger partial charge on any atom is 0.0670 e. The summed E-state index contributed by atoms with van der Waals surface area (Å²) < 4.78 is 0. The quantitative estimate of drug-likeness (QED) is 0.925. The van der Waals surface area contributed by atoms with Crippen molar-refractivity contribution in [3.63, 3.8) is 0 Å². The Morgan fingerprint density at radius 2 is 1.81 bits per heavy atom. The largest absolute Gasteiger partial charge is 0.326 e. The number of likely N-dealkylation sites (tertiary alicyclic amines) is 1. The molecule has 0 amide bonds. The molecule has 1 spiro atoms. The molecule has 2 unspecified atom stereocenters. The molecule has 1 aromatic heterocycles. The number of nitrogens with two attached hydrogens (primary N) is 1. The zero-order valence-corrected chi connectivity index (χ0v) is 13.3. The van der Waals surface area contributed by atoms with Gasteiger partial charge >= 0.3 is 0 Å². The number of hydrogen-bond acceptors (Lipinski definition) is 3. The molecule has 3 nitrogen and oxygen atoms in total. The summed E-state index contributed by atoms with van der Waals surface area (Å²) in [5.74, 6) is 0. The third-order valence-electron chi connectivity index (χ3n) is 5.66. The zero-order chi connectivity index (χ0) is 14.7. The van der Waals surface area contributed by atoms with E-state index < -0.39 is 0 Å². The van der Waals surface area contributed by atoms with Crippen LogP contribution in [0, 0.1) is 5.41 Å². The normalized spacial score (nSPS) is 25.6. The van der Waals surface area contributed by atoms with E-state index in [1.807, 2.05) is 12.3 Å². The lowest BCUT2D eigenvalue weighted by Crippen LogP contribution is -2.47. The van der Waals surface area contributed by atoms with Crippen LogP contribution in [0.1, 0.15) is 63.6 Å². The molecule has 1 aliphatic heterocycles. The van der Waals surface area contributed by atoms with Gasteiger partial charge in [-0.1, -0.05) is 25.3 Å². The van der Waals surface area contributed by atoms with E-state index in [9.17, 15) is 0 Å². The van der Waals surface area contributed by atoms with Crippen LogP contribution >= 0.6 is 0 Å². The van der Waals surface area contributed by atoms with Crippen molar-refractivity contribution in [3.05, 3.63) is 30.1 Å². The molecule has 21 heavy (non-hydrogen) atoms. The Morgan fingerprint density at radius 1 is 1.10 bits per heavy atom. The molecule has 2 fully saturated rings. The van der Waals surface area contributed by atoms with E-state index in [0.717, 1.165) is 5.69 Å². The van der Waals surface area contributed by atoms with Crippen molar-refractivity contribution in [1.82, 2.24) is 9.88 Å². The van der Waals surface area contributed by atoms with Gasteiger partial charge < -0.3 is 5.73 Å². The number of hydrogen-bond donors (Lipinski definition) is 1. The van der Waals surface area contributed by atoms with Crippen molar-refractivity contribution < 1.29 is 0 Å². The van der Waals surface area contributed by atoms with E-state index in [2.05, 4.69) is 28.9 Å². The average molecular weight is 287 g/mol. The maximum atomic E-state index is 6.29. The van der Waals surface area contributed by atoms with E-state index >= 15 is 0 Å². The van der Waals surface area contributed by atoms with Crippen molar-refractivity contribution in [2.75, 3.05) is 13.1 Å². The molecule has 2 atom stereocenters. The highest BCUT2D eigenvalue weighted by molar-refractivity contribution is 5.11. The fourth-order valence-electron chi connectivity index (χ4n) is 4.42. The molecule has 2 aliphatic rings. The average Bonchev–Trinajstić information content (AvgIpc) is 2.51. The number of nitrogens with zero attached hydrogens (tertiary/aromatic N) is 2. The minimum atomic E-state index is 0.125. The number of piperidine rings is 1. The molecule has 3 rings (SSSR count). The summed E-state index contributed by atoms with van der Waals surface area (Å²) in [6, 6.07) is 6.57. The number of aromatic nitrogens is 1. The first-order chi connectivity index (χ1) is 10.2. The Balaban J connectivity index is 1.69. The van der Waals surface area contributed by atoms with Crippen molar-refractivity contribution >= 4 is 0 Å². The molecule has 1 saturated heterocycles. The van der Waals surface area contributed by atoms with Crippen molar-refractivity contribution in [1.29, 1.82) is 0 Å². The Bertz CT molecular complexity index is 427. The molecule has 1 saturated carbocycles. The zero-order valence-electron chi connectivity index (χ0n) is 13.3. The predicted octanol–water partition coefficient (Wildman–Crippen LogP) is 3.52. The smallest absolute Gasteiger partial charge is 0.0670 e. The lowest BCUT2D eigenvalue weighted by molar-refractivity contribution is 0.0381. The summed E-state index contributed by atoms with van der Waals surface area (Å²) in [5, 5.41) is 0. The Morgan fingerprint density at radius 3 is 2.38 bits per heavy atom. The highest BCUT2D eigenvalue weighted by Crippen LogP contribution is 2.45. The van der Waals surface area contributed by atoms with Gasteiger partial charge in [-0.15, -0.1) is 0 Å². The van der Waals surface area contributed by atoms with Crippen LogP contribution in [0.15, 0.2) is 24.4 Å². The summed E-state index contributed by atoms with van der Waals surface area (Å²) in [4.78, 5) is 7.13. The molecule has 0 bridgehead atoms. The second-order valence-corrected chi connectivity index (χ2v) is 7.16. The van der Waals surface area contributed by atoms with Crippen LogP contribution in [-0.4, -0.2) is 29.0 Å². The first-order valence-corrected chi connectivity index (χ1v) is 8.61. The summed E-state index contributed by atoms with van der Waals surface area (Å²) in [6.07, 6.45) is 11.8. The Labute approximate surface area is 128 Å². The lowest BCUT2D eigenvalue weighted by atomic mass is 9.68. The predicted molar refractivity (Wildman–Crippen MR) is 87.0 cm³/mol. The minimum absolute atomic E-state index is 0.125. The molecule has 3 heteroatoms. The monoisotopic (exact) mass is 287 g/mol. The Kier molecular flexibility index (Phi) is 4.60. The van der Waals surface area contributed by atoms with E-state index in [1.54, 1.807) is 0 Å². The van der Waals surface area contributed by atoms with Gasteiger partial charge in [0.25, 0.3) is 0 Å². The van der Waals surface area contributed by atoms with Gasteiger partial charge in [0.15, 0.2) is 0 Å². The standard InChI is InChI=1S/C18H29N3/c1-15(19)17(16-7-3-6-12-20-16)21-13-10-18(11-14-21)8-4-2-5-9-18/h3,6-7,12,15,17H,2,4-5,8-11,13-14,19H2,1H3. The van der Waals surface area contributed by atoms with Crippen molar-refractivity contribution in [2.24, 2.45) is 11.1 Å². The van der Waals surface area contributed by atoms with Gasteiger partial charge in [0.1, 0.15) is 0 Å². The summed E-state index contributed by atoms with van der Waals surface area (Å²) in [7, 11) is 0. The van der Waals surface area contributed by atoms with E-state index in [0.29, 0.717) is 5.41 Å². The molecular weight excluding hydrogens is 258 g/mol. The first kappa shape index (κ1) is 15.0. The van der Waals surface area contributed by atoms with Gasteiger partial charge in [-0.3, -0.25) is 9.88 Å². The van der Waals surface area contributed by atoms with Crippen LogP contribution in [0.3, 0.4) is 0 Å². The van der Waals surface area contributed by atoms with Gasteiger partial charge in [-0.25, -0.2) is 0 Å². The van der Waals surface area contributed by atoms with Gasteiger partial charge in [-0.2, -0.15) is 0 Å². The first-order valence-electron chi connectivity index (χ1n) is 8.61. The number of rotatable bonds is 3. The molecule has 2 heterocycles. The van der Waals surface area contributed by atoms with Gasteiger partial charge in [0, 0.05) is 12.2 Å². The van der Waals surface area contributed by atoms with Crippen LogP contribution in [-0.2, 0) is 0 Å². The molecule has 116 valence electrons. The molecule has 1 aliphatic carbocycles. The maximum absolute atomic E-state index is 6.29.